The normalized spacial score (nSPS) is 27.6. The van der Waals surface area contributed by atoms with E-state index in [0.717, 1.165) is 33.4 Å². The van der Waals surface area contributed by atoms with Gasteiger partial charge in [0.15, 0.2) is 18.0 Å². The number of carbonyl (C=O) groups is 4. The van der Waals surface area contributed by atoms with Gasteiger partial charge >= 0.3 is 23.9 Å². The molecule has 37 heavy (non-hydrogen) atoms. The predicted octanol–water partition coefficient (Wildman–Crippen LogP) is 0.552. The van der Waals surface area contributed by atoms with E-state index in [1.807, 2.05) is 0 Å². The van der Waals surface area contributed by atoms with Crippen LogP contribution in [0.3, 0.4) is 0 Å². The Bertz CT molecular complexity index is 1150. The van der Waals surface area contributed by atoms with Crippen LogP contribution in [0.4, 0.5) is 0 Å². The van der Waals surface area contributed by atoms with Gasteiger partial charge in [0.2, 0.25) is 6.10 Å². The average Bonchev–Trinajstić information content (AvgIpc) is 2.95. The molecular weight excluding hydrogens is 516 g/mol. The first-order valence-electron chi connectivity index (χ1n) is 11.2. The molecule has 0 spiro atoms. The standard InChI is InChI=1S/C23H28O13S/c1-12-6-8-16(9-7-12)37(28,29)36-19(21(27)30-5)17-10-23(35-15(4)26)18(11-31-13(2)24)34-22(33-17)20(23)32-14(3)25/h6-9,17-20,22H,10-11H2,1-5H3/t17-,18+,19-,20-,22+,23+/m0/s1. The van der Waals surface area contributed by atoms with Crippen molar-refractivity contribution in [3.05, 3.63) is 29.8 Å². The highest BCUT2D eigenvalue weighted by Gasteiger charge is 2.68. The second-order valence-electron chi connectivity index (χ2n) is 8.56. The molecule has 2 aliphatic rings. The molecule has 0 amide bonds. The quantitative estimate of drug-likeness (QED) is 0.240. The SMILES string of the molecule is COC(=O)[C@@H](OS(=O)(=O)c1ccc(C)cc1)[C@@H]1C[C@@]2(OC(C)=O)[C@@H](COC(C)=O)O[C@@H](O1)[C@@H]2OC(C)=O. The predicted molar refractivity (Wildman–Crippen MR) is 120 cm³/mol. The molecule has 2 bridgehead atoms. The van der Waals surface area contributed by atoms with E-state index in [2.05, 4.69) is 0 Å². The van der Waals surface area contributed by atoms with Gasteiger partial charge in [0, 0.05) is 27.2 Å². The molecule has 2 fully saturated rings. The molecule has 3 rings (SSSR count). The van der Waals surface area contributed by atoms with Crippen LogP contribution in [0.1, 0.15) is 32.8 Å². The molecule has 0 unspecified atom stereocenters. The number of ether oxygens (including phenoxy) is 6. The Labute approximate surface area is 213 Å². The minimum Gasteiger partial charge on any atom is -0.467 e. The third kappa shape index (κ3) is 6.26. The Morgan fingerprint density at radius 3 is 2.22 bits per heavy atom. The van der Waals surface area contributed by atoms with Crippen molar-refractivity contribution in [3.63, 3.8) is 0 Å². The van der Waals surface area contributed by atoms with Crippen molar-refractivity contribution in [1.29, 1.82) is 0 Å². The Kier molecular flexibility index (Phi) is 8.57. The molecule has 6 atom stereocenters. The first-order valence-corrected chi connectivity index (χ1v) is 12.6. The minimum atomic E-state index is -4.49. The number of hydrogen-bond acceptors (Lipinski definition) is 13. The molecule has 0 N–H and O–H groups in total. The lowest BCUT2D eigenvalue weighted by molar-refractivity contribution is -0.247. The second-order valence-corrected chi connectivity index (χ2v) is 10.1. The highest BCUT2D eigenvalue weighted by atomic mass is 32.2. The minimum absolute atomic E-state index is 0.220. The fourth-order valence-electron chi connectivity index (χ4n) is 4.23. The molecule has 0 aromatic heterocycles. The topological polar surface area (TPSA) is 167 Å². The summed E-state index contributed by atoms with van der Waals surface area (Å²) in [7, 11) is -3.46. The number of aryl methyl sites for hydroxylation is 1. The summed E-state index contributed by atoms with van der Waals surface area (Å²) >= 11 is 0. The third-order valence-corrected chi connectivity index (χ3v) is 7.09. The second kappa shape index (κ2) is 11.1. The number of benzene rings is 1. The van der Waals surface area contributed by atoms with Crippen LogP contribution < -0.4 is 0 Å². The Balaban J connectivity index is 2.00. The van der Waals surface area contributed by atoms with E-state index in [1.54, 1.807) is 19.1 Å². The molecule has 1 aromatic rings. The zero-order valence-corrected chi connectivity index (χ0v) is 21.6. The number of rotatable bonds is 9. The van der Waals surface area contributed by atoms with Crippen LogP contribution in [0.2, 0.25) is 0 Å². The fourth-order valence-corrected chi connectivity index (χ4v) is 5.29. The summed E-state index contributed by atoms with van der Waals surface area (Å²) in [5.74, 6) is -3.32. The Hall–Kier alpha value is -3.07. The Morgan fingerprint density at radius 2 is 1.68 bits per heavy atom. The van der Waals surface area contributed by atoms with E-state index in [0.29, 0.717) is 0 Å². The molecule has 204 valence electrons. The van der Waals surface area contributed by atoms with Crippen molar-refractivity contribution < 1.29 is 60.2 Å². The van der Waals surface area contributed by atoms with E-state index in [4.69, 9.17) is 32.6 Å². The molecule has 2 aliphatic heterocycles. The zero-order chi connectivity index (χ0) is 27.5. The van der Waals surface area contributed by atoms with Gasteiger partial charge in [0.25, 0.3) is 10.1 Å². The smallest absolute Gasteiger partial charge is 0.339 e. The lowest BCUT2D eigenvalue weighted by Gasteiger charge is -2.43. The van der Waals surface area contributed by atoms with Gasteiger partial charge in [-0.1, -0.05) is 17.7 Å². The lowest BCUT2D eigenvalue weighted by Crippen LogP contribution is -2.62. The van der Waals surface area contributed by atoms with E-state index in [1.165, 1.54) is 12.1 Å². The highest BCUT2D eigenvalue weighted by Crippen LogP contribution is 2.47. The van der Waals surface area contributed by atoms with Gasteiger partial charge in [-0.15, -0.1) is 0 Å². The number of carbonyl (C=O) groups excluding carboxylic acids is 4. The summed E-state index contributed by atoms with van der Waals surface area (Å²) in [4.78, 5) is 47.9. The summed E-state index contributed by atoms with van der Waals surface area (Å²) in [6.07, 6.45) is -7.64. The molecular formula is C23H28O13S. The first-order chi connectivity index (χ1) is 17.3. The maximum absolute atomic E-state index is 13.0. The maximum Gasteiger partial charge on any atom is 0.339 e. The average molecular weight is 545 g/mol. The van der Waals surface area contributed by atoms with Crippen molar-refractivity contribution in [2.45, 2.75) is 75.3 Å². The molecule has 1 aromatic carbocycles. The van der Waals surface area contributed by atoms with Crippen LogP contribution in [0.5, 0.6) is 0 Å². The molecule has 14 heteroatoms. The molecule has 0 radical (unpaired) electrons. The van der Waals surface area contributed by atoms with Crippen LogP contribution in [0, 0.1) is 6.92 Å². The monoisotopic (exact) mass is 544 g/mol. The van der Waals surface area contributed by atoms with E-state index >= 15 is 0 Å². The summed E-state index contributed by atoms with van der Waals surface area (Å²) in [6, 6.07) is 5.71. The van der Waals surface area contributed by atoms with Crippen molar-refractivity contribution >= 4 is 34.0 Å². The van der Waals surface area contributed by atoms with E-state index in [9.17, 15) is 27.6 Å². The van der Waals surface area contributed by atoms with E-state index in [-0.39, 0.29) is 4.90 Å². The van der Waals surface area contributed by atoms with Gasteiger partial charge in [0.05, 0.1) is 12.0 Å². The van der Waals surface area contributed by atoms with Gasteiger partial charge < -0.3 is 28.4 Å². The molecule has 0 saturated carbocycles. The van der Waals surface area contributed by atoms with Crippen LogP contribution >= 0.6 is 0 Å². The first kappa shape index (κ1) is 28.5. The molecule has 2 saturated heterocycles. The van der Waals surface area contributed by atoms with Gasteiger partial charge in [-0.05, 0) is 19.1 Å². The van der Waals surface area contributed by atoms with Gasteiger partial charge in [-0.2, -0.15) is 8.42 Å². The van der Waals surface area contributed by atoms with Crippen molar-refractivity contribution in [1.82, 2.24) is 0 Å². The summed E-state index contributed by atoms with van der Waals surface area (Å²) in [5.41, 5.74) is -1.02. The van der Waals surface area contributed by atoms with Crippen LogP contribution in [0.25, 0.3) is 0 Å². The lowest BCUT2D eigenvalue weighted by atomic mass is 9.82. The largest absolute Gasteiger partial charge is 0.467 e. The molecule has 2 heterocycles. The third-order valence-electron chi connectivity index (χ3n) is 5.78. The van der Waals surface area contributed by atoms with Crippen LogP contribution in [-0.4, -0.2) is 82.3 Å². The van der Waals surface area contributed by atoms with Crippen molar-refractivity contribution in [3.8, 4) is 0 Å². The summed E-state index contributed by atoms with van der Waals surface area (Å²) < 4.78 is 63.5. The summed E-state index contributed by atoms with van der Waals surface area (Å²) in [6.45, 7) is 4.71. The highest BCUT2D eigenvalue weighted by molar-refractivity contribution is 7.86. The van der Waals surface area contributed by atoms with Gasteiger partial charge in [-0.25, -0.2) is 8.98 Å². The number of esters is 4. The zero-order valence-electron chi connectivity index (χ0n) is 20.8. The summed E-state index contributed by atoms with van der Waals surface area (Å²) in [5, 5.41) is 0. The number of fused-ring (bicyclic) bond motifs is 2. The van der Waals surface area contributed by atoms with Crippen LogP contribution in [-0.2, 0) is 61.9 Å². The maximum atomic E-state index is 13.0. The Morgan fingerprint density at radius 1 is 1.03 bits per heavy atom. The molecule has 0 aliphatic carbocycles. The number of methoxy groups -OCH3 is 1. The van der Waals surface area contributed by atoms with Crippen molar-refractivity contribution in [2.24, 2.45) is 0 Å². The van der Waals surface area contributed by atoms with E-state index < -0.39 is 83.3 Å². The molecule has 13 nitrogen and oxygen atoms in total. The van der Waals surface area contributed by atoms with Crippen LogP contribution in [0.15, 0.2) is 29.2 Å². The van der Waals surface area contributed by atoms with Gasteiger partial charge in [-0.3, -0.25) is 14.4 Å². The number of hydrogen-bond donors (Lipinski definition) is 0. The fraction of sp³-hybridized carbons (Fsp3) is 0.565. The van der Waals surface area contributed by atoms with Gasteiger partial charge in [0.1, 0.15) is 18.8 Å². The van der Waals surface area contributed by atoms with Crippen molar-refractivity contribution in [2.75, 3.05) is 13.7 Å².